The minimum atomic E-state index is -0.163. The lowest BCUT2D eigenvalue weighted by molar-refractivity contribution is 0.579. The van der Waals surface area contributed by atoms with Gasteiger partial charge in [0.2, 0.25) is 0 Å². The van der Waals surface area contributed by atoms with Crippen molar-refractivity contribution in [3.63, 3.8) is 0 Å². The third-order valence-corrected chi connectivity index (χ3v) is 11.3. The monoisotopic (exact) mass is 652 g/mol. The Morgan fingerprint density at radius 1 is 0.500 bits per heavy atom. The zero-order valence-electron chi connectivity index (χ0n) is 30.4. The van der Waals surface area contributed by atoms with Crippen LogP contribution in [0, 0.1) is 0 Å². The van der Waals surface area contributed by atoms with Crippen LogP contribution in [0.2, 0.25) is 0 Å². The third-order valence-electron chi connectivity index (χ3n) is 11.3. The number of hydrogen-bond donors (Lipinski definition) is 0. The number of rotatable bonds is 3. The first-order valence-corrected chi connectivity index (χ1v) is 18.0. The van der Waals surface area contributed by atoms with Crippen LogP contribution in [0.3, 0.4) is 0 Å². The molecule has 8 aromatic rings. The summed E-state index contributed by atoms with van der Waals surface area (Å²) in [4.78, 5) is 0. The molecule has 0 saturated carbocycles. The molecule has 1 aliphatic carbocycles. The lowest BCUT2D eigenvalue weighted by Crippen LogP contribution is -2.20. The second kappa shape index (κ2) is 10.5. The summed E-state index contributed by atoms with van der Waals surface area (Å²) in [5.41, 5.74) is 15.5. The van der Waals surface area contributed by atoms with Crippen LogP contribution >= 0.6 is 0 Å². The van der Waals surface area contributed by atoms with Crippen LogP contribution in [0.25, 0.3) is 55.0 Å². The van der Waals surface area contributed by atoms with E-state index in [2.05, 4.69) is 165 Å². The molecule has 2 heteroatoms. The highest BCUT2D eigenvalue weighted by molar-refractivity contribution is 6.08. The largest absolute Gasteiger partial charge is 0.456 e. The summed E-state index contributed by atoms with van der Waals surface area (Å²) in [5, 5.41) is 4.61. The summed E-state index contributed by atoms with van der Waals surface area (Å²) in [6.45, 7) is 18.8. The molecule has 6 aromatic carbocycles. The van der Waals surface area contributed by atoms with Gasteiger partial charge >= 0.3 is 0 Å². The lowest BCUT2D eigenvalue weighted by Gasteiger charge is -2.29. The van der Waals surface area contributed by atoms with Crippen molar-refractivity contribution in [1.29, 1.82) is 0 Å². The minimum absolute atomic E-state index is 0.0488. The van der Waals surface area contributed by atoms with E-state index in [1.165, 1.54) is 55.5 Å². The van der Waals surface area contributed by atoms with E-state index in [9.17, 15) is 0 Å². The molecule has 248 valence electrons. The van der Waals surface area contributed by atoms with Gasteiger partial charge in [0.1, 0.15) is 22.3 Å². The van der Waals surface area contributed by atoms with Crippen molar-refractivity contribution < 1.29 is 8.83 Å². The van der Waals surface area contributed by atoms with Crippen LogP contribution in [0.4, 0.5) is 0 Å². The fourth-order valence-corrected chi connectivity index (χ4v) is 8.50. The maximum Gasteiger partial charge on any atom is 0.135 e. The SMILES string of the molecule is CC(C)(C)c1ccc2c(c1)C(C)(C)c1cc(C(C)(C)C)cc(C(c3ccc4c(c3)oc3ccccc34)c3cccc4oc5ccccc5c34)c1-2. The van der Waals surface area contributed by atoms with Gasteiger partial charge in [0.25, 0.3) is 0 Å². The van der Waals surface area contributed by atoms with E-state index in [1.54, 1.807) is 0 Å². The lowest BCUT2D eigenvalue weighted by atomic mass is 9.74. The maximum absolute atomic E-state index is 6.54. The van der Waals surface area contributed by atoms with Gasteiger partial charge in [0, 0.05) is 32.9 Å². The van der Waals surface area contributed by atoms with Crippen LogP contribution in [0.5, 0.6) is 0 Å². The Labute approximate surface area is 294 Å². The average molecular weight is 653 g/mol. The maximum atomic E-state index is 6.54. The first-order chi connectivity index (χ1) is 23.8. The molecule has 1 unspecified atom stereocenters. The Kier molecular flexibility index (Phi) is 6.48. The first kappa shape index (κ1) is 30.9. The summed E-state index contributed by atoms with van der Waals surface area (Å²) in [7, 11) is 0. The zero-order valence-corrected chi connectivity index (χ0v) is 30.4. The molecule has 50 heavy (non-hydrogen) atoms. The molecule has 2 heterocycles. The summed E-state index contributed by atoms with van der Waals surface area (Å²) in [6.07, 6.45) is 0. The highest BCUT2D eigenvalue weighted by Crippen LogP contribution is 2.55. The third kappa shape index (κ3) is 4.54. The average Bonchev–Trinajstić information content (AvgIpc) is 3.72. The molecule has 1 atom stereocenters. The van der Waals surface area contributed by atoms with E-state index in [4.69, 9.17) is 8.83 Å². The summed E-state index contributed by atoms with van der Waals surface area (Å²) in [6, 6.07) is 42.5. The van der Waals surface area contributed by atoms with Crippen molar-refractivity contribution in [2.75, 3.05) is 0 Å². The van der Waals surface area contributed by atoms with Crippen molar-refractivity contribution in [3.05, 3.63) is 154 Å². The molecule has 0 saturated heterocycles. The van der Waals surface area contributed by atoms with Gasteiger partial charge in [-0.25, -0.2) is 0 Å². The van der Waals surface area contributed by atoms with E-state index in [0.717, 1.165) is 38.5 Å². The number of furan rings is 2. The Morgan fingerprint density at radius 2 is 1.12 bits per heavy atom. The van der Waals surface area contributed by atoms with Gasteiger partial charge in [-0.3, -0.25) is 0 Å². The molecule has 0 radical (unpaired) electrons. The van der Waals surface area contributed by atoms with Crippen molar-refractivity contribution in [2.24, 2.45) is 0 Å². The standard InChI is InChI=1S/C48H44O2/c1-46(2,3)29-21-23-33-37(26-29)48(7,8)38-27-30(47(4,5)6)25-36(44(33)38)43(28-20-22-32-31-14-9-11-17-39(31)50-42(32)24-28)35-16-13-19-41-45(35)34-15-10-12-18-40(34)49-41/h9-27,43H,1-8H3. The summed E-state index contributed by atoms with van der Waals surface area (Å²) >= 11 is 0. The van der Waals surface area contributed by atoms with Crippen molar-refractivity contribution in [3.8, 4) is 11.1 Å². The molecule has 0 N–H and O–H groups in total. The highest BCUT2D eigenvalue weighted by Gasteiger charge is 2.41. The predicted octanol–water partition coefficient (Wildman–Crippen LogP) is 13.6. The van der Waals surface area contributed by atoms with E-state index in [-0.39, 0.29) is 22.2 Å². The van der Waals surface area contributed by atoms with Crippen LogP contribution in [-0.2, 0) is 16.2 Å². The second-order valence-electron chi connectivity index (χ2n) is 17.0. The van der Waals surface area contributed by atoms with Crippen LogP contribution < -0.4 is 0 Å². The zero-order chi connectivity index (χ0) is 34.7. The predicted molar refractivity (Wildman–Crippen MR) is 210 cm³/mol. The molecule has 0 fully saturated rings. The molecule has 9 rings (SSSR count). The molecule has 0 amide bonds. The Morgan fingerprint density at radius 3 is 1.86 bits per heavy atom. The van der Waals surface area contributed by atoms with Gasteiger partial charge in [0.05, 0.1) is 0 Å². The quantitative estimate of drug-likeness (QED) is 0.178. The number of fused-ring (bicyclic) bond motifs is 9. The molecule has 1 aliphatic rings. The Bertz CT molecular complexity index is 2640. The molecule has 2 nitrogen and oxygen atoms in total. The minimum Gasteiger partial charge on any atom is -0.456 e. The topological polar surface area (TPSA) is 26.3 Å². The first-order valence-electron chi connectivity index (χ1n) is 18.0. The van der Waals surface area contributed by atoms with Gasteiger partial charge in [0.15, 0.2) is 0 Å². The fraction of sp³-hybridized carbons (Fsp3) is 0.250. The highest BCUT2D eigenvalue weighted by atomic mass is 16.3. The normalized spacial score (nSPS) is 14.9. The van der Waals surface area contributed by atoms with Gasteiger partial charge in [-0.2, -0.15) is 0 Å². The summed E-state index contributed by atoms with van der Waals surface area (Å²) < 4.78 is 13.1. The molecule has 2 aromatic heterocycles. The van der Waals surface area contributed by atoms with Gasteiger partial charge in [-0.05, 0) is 85.2 Å². The van der Waals surface area contributed by atoms with E-state index < -0.39 is 0 Å². The van der Waals surface area contributed by atoms with E-state index >= 15 is 0 Å². The van der Waals surface area contributed by atoms with Gasteiger partial charge in [-0.1, -0.05) is 146 Å². The Hall–Kier alpha value is -5.08. The van der Waals surface area contributed by atoms with E-state index in [1.807, 2.05) is 6.07 Å². The van der Waals surface area contributed by atoms with Gasteiger partial charge < -0.3 is 8.83 Å². The Balaban J connectivity index is 1.41. The second-order valence-corrected chi connectivity index (χ2v) is 17.0. The molecule has 0 aliphatic heterocycles. The number of benzene rings is 6. The van der Waals surface area contributed by atoms with Crippen molar-refractivity contribution in [1.82, 2.24) is 0 Å². The molecular weight excluding hydrogens is 609 g/mol. The van der Waals surface area contributed by atoms with Crippen molar-refractivity contribution in [2.45, 2.75) is 77.6 Å². The number of hydrogen-bond acceptors (Lipinski definition) is 2. The summed E-state index contributed by atoms with van der Waals surface area (Å²) in [5.74, 6) is -0.0857. The van der Waals surface area contributed by atoms with E-state index in [0.29, 0.717) is 0 Å². The van der Waals surface area contributed by atoms with Crippen LogP contribution in [0.1, 0.15) is 100 Å². The van der Waals surface area contributed by atoms with Crippen LogP contribution in [-0.4, -0.2) is 0 Å². The smallest absolute Gasteiger partial charge is 0.135 e. The molecule has 0 spiro atoms. The fourth-order valence-electron chi connectivity index (χ4n) is 8.50. The molecular formula is C48H44O2. The molecule has 0 bridgehead atoms. The van der Waals surface area contributed by atoms with Gasteiger partial charge in [-0.15, -0.1) is 0 Å². The van der Waals surface area contributed by atoms with Crippen LogP contribution in [0.15, 0.2) is 124 Å². The van der Waals surface area contributed by atoms with Crippen molar-refractivity contribution >= 4 is 43.9 Å². The number of para-hydroxylation sites is 2.